The van der Waals surface area contributed by atoms with Crippen LogP contribution in [0.1, 0.15) is 52.7 Å². The molecular weight excluding hydrogens is 596 g/mol. The molecule has 240 valence electrons. The highest BCUT2D eigenvalue weighted by Crippen LogP contribution is 2.30. The van der Waals surface area contributed by atoms with Crippen molar-refractivity contribution in [3.63, 3.8) is 0 Å². The van der Waals surface area contributed by atoms with E-state index in [0.717, 1.165) is 29.5 Å². The quantitative estimate of drug-likeness (QED) is 0.220. The van der Waals surface area contributed by atoms with Gasteiger partial charge in [-0.1, -0.05) is 85.3 Å². The van der Waals surface area contributed by atoms with Gasteiger partial charge in [0.2, 0.25) is 5.91 Å². The Morgan fingerprint density at radius 2 is 1.52 bits per heavy atom. The summed E-state index contributed by atoms with van der Waals surface area (Å²) in [4.78, 5) is 33.6. The number of hydrogen-bond acceptors (Lipinski definition) is 5. The molecule has 1 aliphatic rings. The van der Waals surface area contributed by atoms with Crippen LogP contribution in [-0.2, 0) is 21.4 Å². The third-order valence-corrected chi connectivity index (χ3v) is 9.87. The standard InChI is InChI=1S/C37H42N4O4S/c1-4-33(30-14-9-6-10-15-30)37(43)41-23-11-22-40(24-25-41)35-21-18-31(38-46(44,45)32-19-16-28(2)17-20-32)26-34(35)36(42)39(3)27-29-12-7-5-8-13-29/h5-10,12-21,26,33,38H,4,11,22-25,27H2,1-3H3. The first-order chi connectivity index (χ1) is 22.2. The number of hydrogen-bond donors (Lipinski definition) is 1. The summed E-state index contributed by atoms with van der Waals surface area (Å²) >= 11 is 0. The van der Waals surface area contributed by atoms with Crippen molar-refractivity contribution < 1.29 is 18.0 Å². The Morgan fingerprint density at radius 1 is 0.848 bits per heavy atom. The van der Waals surface area contributed by atoms with Crippen LogP contribution in [0.3, 0.4) is 0 Å². The number of carbonyl (C=O) groups is 2. The summed E-state index contributed by atoms with van der Waals surface area (Å²) < 4.78 is 29.1. The van der Waals surface area contributed by atoms with Gasteiger partial charge < -0.3 is 14.7 Å². The smallest absolute Gasteiger partial charge is 0.261 e. The molecule has 1 N–H and O–H groups in total. The zero-order valence-electron chi connectivity index (χ0n) is 26.7. The lowest BCUT2D eigenvalue weighted by Gasteiger charge is -2.28. The second kappa shape index (κ2) is 14.6. The number of rotatable bonds is 10. The summed E-state index contributed by atoms with van der Waals surface area (Å²) in [6, 6.07) is 31.4. The molecule has 8 nitrogen and oxygen atoms in total. The minimum Gasteiger partial charge on any atom is -0.369 e. The Bertz CT molecular complexity index is 1750. The molecule has 0 aliphatic carbocycles. The van der Waals surface area contributed by atoms with Gasteiger partial charge in [-0.3, -0.25) is 14.3 Å². The molecule has 4 aromatic carbocycles. The van der Waals surface area contributed by atoms with Crippen LogP contribution < -0.4 is 9.62 Å². The molecule has 0 saturated carbocycles. The SMILES string of the molecule is CCC(C(=O)N1CCCN(c2ccc(NS(=O)(=O)c3ccc(C)cc3)cc2C(=O)N(C)Cc2ccccc2)CC1)c1ccccc1. The van der Waals surface area contributed by atoms with E-state index in [1.807, 2.05) is 85.5 Å². The fraction of sp³-hybridized carbons (Fsp3) is 0.297. The van der Waals surface area contributed by atoms with E-state index in [1.165, 1.54) is 0 Å². The normalized spacial score (nSPS) is 14.3. The van der Waals surface area contributed by atoms with Gasteiger partial charge in [-0.2, -0.15) is 0 Å². The van der Waals surface area contributed by atoms with Crippen molar-refractivity contribution in [2.45, 2.75) is 44.0 Å². The van der Waals surface area contributed by atoms with Crippen molar-refractivity contribution in [1.82, 2.24) is 9.80 Å². The number of carbonyl (C=O) groups excluding carboxylic acids is 2. The van der Waals surface area contributed by atoms with E-state index < -0.39 is 10.0 Å². The summed E-state index contributed by atoms with van der Waals surface area (Å²) in [5.41, 5.74) is 4.39. The van der Waals surface area contributed by atoms with Crippen LogP contribution in [0.15, 0.2) is 108 Å². The van der Waals surface area contributed by atoms with Gasteiger partial charge >= 0.3 is 0 Å². The Kier molecular flexibility index (Phi) is 10.4. The molecule has 4 aromatic rings. The lowest BCUT2D eigenvalue weighted by molar-refractivity contribution is -0.132. The van der Waals surface area contributed by atoms with Gasteiger partial charge in [-0.25, -0.2) is 8.42 Å². The van der Waals surface area contributed by atoms with Gasteiger partial charge in [0.1, 0.15) is 0 Å². The highest BCUT2D eigenvalue weighted by atomic mass is 32.2. The summed E-state index contributed by atoms with van der Waals surface area (Å²) in [6.07, 6.45) is 1.46. The van der Waals surface area contributed by atoms with Gasteiger partial charge in [0.15, 0.2) is 0 Å². The van der Waals surface area contributed by atoms with E-state index in [1.54, 1.807) is 48.3 Å². The van der Waals surface area contributed by atoms with Gasteiger partial charge in [0.25, 0.3) is 15.9 Å². The monoisotopic (exact) mass is 638 g/mol. The minimum atomic E-state index is -3.87. The molecule has 1 fully saturated rings. The Morgan fingerprint density at radius 3 is 2.20 bits per heavy atom. The molecule has 46 heavy (non-hydrogen) atoms. The average Bonchev–Trinajstić information content (AvgIpc) is 3.32. The van der Waals surface area contributed by atoms with Crippen molar-refractivity contribution in [3.8, 4) is 0 Å². The fourth-order valence-electron chi connectivity index (χ4n) is 5.95. The largest absolute Gasteiger partial charge is 0.369 e. The Balaban J connectivity index is 1.41. The topological polar surface area (TPSA) is 90.0 Å². The maximum Gasteiger partial charge on any atom is 0.261 e. The second-order valence-electron chi connectivity index (χ2n) is 11.8. The van der Waals surface area contributed by atoms with Crippen molar-refractivity contribution >= 4 is 33.2 Å². The van der Waals surface area contributed by atoms with Crippen LogP contribution in [0.4, 0.5) is 11.4 Å². The van der Waals surface area contributed by atoms with Crippen LogP contribution in [0.25, 0.3) is 0 Å². The minimum absolute atomic E-state index is 0.121. The number of aryl methyl sites for hydroxylation is 1. The Hall–Kier alpha value is -4.63. The van der Waals surface area contributed by atoms with Crippen LogP contribution in [0.2, 0.25) is 0 Å². The van der Waals surface area contributed by atoms with Crippen LogP contribution in [0.5, 0.6) is 0 Å². The van der Waals surface area contributed by atoms with Crippen molar-refractivity contribution in [2.24, 2.45) is 0 Å². The van der Waals surface area contributed by atoms with Gasteiger partial charge in [-0.15, -0.1) is 0 Å². The van der Waals surface area contributed by atoms with Crippen LogP contribution >= 0.6 is 0 Å². The zero-order chi connectivity index (χ0) is 32.7. The van der Waals surface area contributed by atoms with E-state index in [0.29, 0.717) is 49.7 Å². The van der Waals surface area contributed by atoms with Crippen LogP contribution in [0, 0.1) is 6.92 Å². The first-order valence-corrected chi connectivity index (χ1v) is 17.3. The molecule has 1 aliphatic heterocycles. The number of nitrogens with zero attached hydrogens (tertiary/aromatic N) is 3. The van der Waals surface area contributed by atoms with E-state index >= 15 is 0 Å². The number of anilines is 2. The molecule has 1 unspecified atom stereocenters. The maximum atomic E-state index is 14.0. The molecule has 5 rings (SSSR count). The Labute approximate surface area is 272 Å². The van der Waals surface area contributed by atoms with E-state index in [-0.39, 0.29) is 22.6 Å². The van der Waals surface area contributed by atoms with E-state index in [2.05, 4.69) is 9.62 Å². The first-order valence-electron chi connectivity index (χ1n) is 15.8. The molecular formula is C37H42N4O4S. The van der Waals surface area contributed by atoms with Crippen LogP contribution in [-0.4, -0.2) is 63.3 Å². The predicted octanol–water partition coefficient (Wildman–Crippen LogP) is 6.30. The lowest BCUT2D eigenvalue weighted by Crippen LogP contribution is -2.38. The van der Waals surface area contributed by atoms with Gasteiger partial charge in [-0.05, 0) is 61.2 Å². The highest BCUT2D eigenvalue weighted by Gasteiger charge is 2.28. The van der Waals surface area contributed by atoms with Crippen molar-refractivity contribution in [3.05, 3.63) is 125 Å². The molecule has 0 radical (unpaired) electrons. The molecule has 0 bridgehead atoms. The van der Waals surface area contributed by atoms with Crippen molar-refractivity contribution in [2.75, 3.05) is 42.8 Å². The summed E-state index contributed by atoms with van der Waals surface area (Å²) in [5, 5.41) is 0. The number of amides is 2. The molecule has 1 heterocycles. The average molecular weight is 639 g/mol. The lowest BCUT2D eigenvalue weighted by atomic mass is 9.95. The molecule has 0 spiro atoms. The number of nitrogens with one attached hydrogen (secondary N) is 1. The third-order valence-electron chi connectivity index (χ3n) is 8.48. The molecule has 2 amide bonds. The molecule has 1 atom stereocenters. The fourth-order valence-corrected chi connectivity index (χ4v) is 7.00. The first kappa shape index (κ1) is 32.8. The van der Waals surface area contributed by atoms with E-state index in [4.69, 9.17) is 0 Å². The molecule has 0 aromatic heterocycles. The van der Waals surface area contributed by atoms with Gasteiger partial charge in [0.05, 0.1) is 16.4 Å². The summed E-state index contributed by atoms with van der Waals surface area (Å²) in [6.45, 7) is 6.70. The predicted molar refractivity (Wildman–Crippen MR) is 184 cm³/mol. The molecule has 9 heteroatoms. The zero-order valence-corrected chi connectivity index (χ0v) is 27.5. The number of sulfonamides is 1. The van der Waals surface area contributed by atoms with E-state index in [9.17, 15) is 18.0 Å². The van der Waals surface area contributed by atoms with Gasteiger partial charge in [0, 0.05) is 51.1 Å². The maximum absolute atomic E-state index is 14.0. The second-order valence-corrected chi connectivity index (χ2v) is 13.5. The number of benzene rings is 4. The third kappa shape index (κ3) is 7.77. The molecule has 1 saturated heterocycles. The highest BCUT2D eigenvalue weighted by molar-refractivity contribution is 7.92. The summed E-state index contributed by atoms with van der Waals surface area (Å²) in [5.74, 6) is -0.296. The van der Waals surface area contributed by atoms with Crippen molar-refractivity contribution in [1.29, 1.82) is 0 Å². The summed E-state index contributed by atoms with van der Waals surface area (Å²) in [7, 11) is -2.12.